The van der Waals surface area contributed by atoms with Crippen molar-refractivity contribution in [2.24, 2.45) is 4.99 Å². The topological polar surface area (TPSA) is 12.4 Å². The van der Waals surface area contributed by atoms with E-state index in [1.165, 1.54) is 6.07 Å². The molecule has 0 atom stereocenters. The Balaban J connectivity index is 3.21. The van der Waals surface area contributed by atoms with Gasteiger partial charge in [-0.25, -0.2) is 0 Å². The minimum absolute atomic E-state index is 0.0508. The van der Waals surface area contributed by atoms with Gasteiger partial charge in [-0.15, -0.1) is 0 Å². The van der Waals surface area contributed by atoms with Crippen LogP contribution in [0.25, 0.3) is 0 Å². The largest absolute Gasteiger partial charge is 0.418 e. The van der Waals surface area contributed by atoms with Crippen molar-refractivity contribution in [2.45, 2.75) is 9.97 Å². The zero-order chi connectivity index (χ0) is 13.3. The van der Waals surface area contributed by atoms with E-state index in [0.29, 0.717) is 0 Å². The van der Waals surface area contributed by atoms with Crippen LogP contribution in [0, 0.1) is 0 Å². The summed E-state index contributed by atoms with van der Waals surface area (Å²) in [4.78, 5) is 3.49. The molecule has 94 valence electrons. The lowest BCUT2D eigenvalue weighted by Crippen LogP contribution is -2.07. The van der Waals surface area contributed by atoms with Gasteiger partial charge in [-0.3, -0.25) is 4.99 Å². The average molecular weight is 325 g/mol. The van der Waals surface area contributed by atoms with Gasteiger partial charge in [-0.2, -0.15) is 13.2 Å². The van der Waals surface area contributed by atoms with Crippen LogP contribution in [0.2, 0.25) is 5.02 Å². The summed E-state index contributed by atoms with van der Waals surface area (Å²) in [5.41, 5.74) is -1.36. The highest BCUT2D eigenvalue weighted by atomic mass is 35.6. The maximum atomic E-state index is 12.6. The van der Waals surface area contributed by atoms with Gasteiger partial charge in [-0.05, 0) is 18.2 Å². The number of benzene rings is 1. The first kappa shape index (κ1) is 14.9. The first-order valence-electron chi connectivity index (χ1n) is 4.08. The van der Waals surface area contributed by atoms with Gasteiger partial charge < -0.3 is 0 Å². The summed E-state index contributed by atoms with van der Waals surface area (Å²) in [6.07, 6.45) is -3.79. The average Bonchev–Trinajstić information content (AvgIpc) is 2.13. The Hall–Kier alpha value is -0.160. The highest BCUT2D eigenvalue weighted by Crippen LogP contribution is 2.38. The molecule has 1 rings (SSSR count). The molecule has 1 nitrogen and oxygen atoms in total. The van der Waals surface area contributed by atoms with Crippen LogP contribution in [0.3, 0.4) is 0 Å². The molecule has 0 fully saturated rings. The number of nitrogens with zero attached hydrogens (tertiary/aromatic N) is 1. The SMILES string of the molecule is FC(F)(F)c1cc(Cl)ccc1N=CC(Cl)(Cl)Cl. The third-order valence-corrected chi connectivity index (χ3v) is 2.14. The van der Waals surface area contributed by atoms with Gasteiger partial charge in [0.1, 0.15) is 0 Å². The first-order chi connectivity index (χ1) is 7.59. The lowest BCUT2D eigenvalue weighted by molar-refractivity contribution is -0.137. The van der Waals surface area contributed by atoms with Gasteiger partial charge in [0.15, 0.2) is 0 Å². The molecule has 0 bridgehead atoms. The van der Waals surface area contributed by atoms with Crippen molar-refractivity contribution in [3.05, 3.63) is 28.8 Å². The summed E-state index contributed by atoms with van der Waals surface area (Å²) in [6, 6.07) is 3.12. The van der Waals surface area contributed by atoms with Crippen LogP contribution in [-0.4, -0.2) is 10.0 Å². The van der Waals surface area contributed by atoms with Gasteiger partial charge in [0.2, 0.25) is 3.79 Å². The molecule has 0 aromatic heterocycles. The summed E-state index contributed by atoms with van der Waals surface area (Å²) in [6.45, 7) is 0. The predicted molar refractivity (Wildman–Crippen MR) is 64.9 cm³/mol. The van der Waals surface area contributed by atoms with Crippen molar-refractivity contribution in [2.75, 3.05) is 0 Å². The second-order valence-corrected chi connectivity index (χ2v) is 5.76. The molecule has 0 heterocycles. The molecule has 1 aromatic rings. The number of hydrogen-bond acceptors (Lipinski definition) is 1. The van der Waals surface area contributed by atoms with E-state index in [4.69, 9.17) is 46.4 Å². The Kier molecular flexibility index (Phi) is 4.58. The van der Waals surface area contributed by atoms with Crippen LogP contribution in [0.1, 0.15) is 5.56 Å². The fourth-order valence-corrected chi connectivity index (χ4v) is 1.31. The molecule has 0 aliphatic heterocycles. The quantitative estimate of drug-likeness (QED) is 0.482. The van der Waals surface area contributed by atoms with Gasteiger partial charge in [0.25, 0.3) is 0 Å². The second kappa shape index (κ2) is 5.22. The summed E-state index contributed by atoms with van der Waals surface area (Å²) in [7, 11) is 0. The fraction of sp³-hybridized carbons (Fsp3) is 0.222. The minimum Gasteiger partial charge on any atom is -0.256 e. The number of rotatable bonds is 1. The molecular formula is C9H4Cl4F3N. The molecule has 0 spiro atoms. The van der Waals surface area contributed by atoms with Gasteiger partial charge in [0.05, 0.1) is 17.5 Å². The molecular weight excluding hydrogens is 321 g/mol. The van der Waals surface area contributed by atoms with Crippen molar-refractivity contribution in [1.29, 1.82) is 0 Å². The second-order valence-electron chi connectivity index (χ2n) is 2.96. The first-order valence-corrected chi connectivity index (χ1v) is 5.59. The molecule has 0 unspecified atom stereocenters. The van der Waals surface area contributed by atoms with Crippen molar-refractivity contribution >= 4 is 58.3 Å². The number of halogens is 7. The molecule has 0 aliphatic rings. The monoisotopic (exact) mass is 323 g/mol. The highest BCUT2D eigenvalue weighted by Gasteiger charge is 2.33. The molecule has 0 radical (unpaired) electrons. The van der Waals surface area contributed by atoms with Crippen LogP contribution < -0.4 is 0 Å². The maximum absolute atomic E-state index is 12.6. The van der Waals surface area contributed by atoms with Crippen LogP contribution >= 0.6 is 46.4 Å². The normalized spacial score (nSPS) is 13.4. The standard InChI is InChI=1S/C9H4Cl4F3N/c10-5-1-2-7(17-4-8(11,12)13)6(3-5)9(14,15)16/h1-4H. The summed E-state index contributed by atoms with van der Waals surface area (Å²) in [5.74, 6) is 0. The molecule has 0 N–H and O–H groups in total. The van der Waals surface area contributed by atoms with E-state index in [1.807, 2.05) is 0 Å². The van der Waals surface area contributed by atoms with Gasteiger partial charge in [0, 0.05) is 5.02 Å². The van der Waals surface area contributed by atoms with Crippen molar-refractivity contribution in [1.82, 2.24) is 0 Å². The Bertz CT molecular complexity index is 437. The Morgan fingerprint density at radius 1 is 1.12 bits per heavy atom. The molecule has 17 heavy (non-hydrogen) atoms. The Morgan fingerprint density at radius 3 is 2.18 bits per heavy atom. The smallest absolute Gasteiger partial charge is 0.256 e. The highest BCUT2D eigenvalue weighted by molar-refractivity contribution is 6.74. The number of aliphatic imine (C=N–C) groups is 1. The van der Waals surface area contributed by atoms with E-state index < -0.39 is 15.5 Å². The molecule has 1 aromatic carbocycles. The summed E-state index contributed by atoms with van der Waals surface area (Å²) >= 11 is 21.5. The van der Waals surface area contributed by atoms with Gasteiger partial charge in [-0.1, -0.05) is 46.4 Å². The molecule has 8 heteroatoms. The molecule has 0 saturated carbocycles. The predicted octanol–water partition coefficient (Wildman–Crippen LogP) is 5.43. The molecule has 0 amide bonds. The fourth-order valence-electron chi connectivity index (χ4n) is 0.991. The minimum atomic E-state index is -4.58. The third kappa shape index (κ3) is 4.92. The van der Waals surface area contributed by atoms with Crippen LogP contribution in [0.4, 0.5) is 18.9 Å². The van der Waals surface area contributed by atoms with Crippen molar-refractivity contribution in [3.8, 4) is 0 Å². The van der Waals surface area contributed by atoms with E-state index in [-0.39, 0.29) is 10.7 Å². The summed E-state index contributed by atoms with van der Waals surface area (Å²) < 4.78 is 36.0. The zero-order valence-corrected chi connectivity index (χ0v) is 10.9. The van der Waals surface area contributed by atoms with Crippen LogP contribution in [-0.2, 0) is 6.18 Å². The Labute approximate surface area is 115 Å². The van der Waals surface area contributed by atoms with Crippen LogP contribution in [0.15, 0.2) is 23.2 Å². The van der Waals surface area contributed by atoms with E-state index in [9.17, 15) is 13.2 Å². The van der Waals surface area contributed by atoms with Crippen molar-refractivity contribution in [3.63, 3.8) is 0 Å². The van der Waals surface area contributed by atoms with Crippen LogP contribution in [0.5, 0.6) is 0 Å². The third-order valence-electron chi connectivity index (χ3n) is 1.61. The Morgan fingerprint density at radius 2 is 1.71 bits per heavy atom. The van der Waals surface area contributed by atoms with E-state index in [2.05, 4.69) is 4.99 Å². The van der Waals surface area contributed by atoms with E-state index in [1.54, 1.807) is 0 Å². The number of alkyl halides is 6. The van der Waals surface area contributed by atoms with Crippen molar-refractivity contribution < 1.29 is 13.2 Å². The lowest BCUT2D eigenvalue weighted by Gasteiger charge is -2.10. The lowest BCUT2D eigenvalue weighted by atomic mass is 10.2. The molecule has 0 aliphatic carbocycles. The summed E-state index contributed by atoms with van der Waals surface area (Å²) in [5, 5.41) is -0.0508. The van der Waals surface area contributed by atoms with E-state index >= 15 is 0 Å². The number of hydrogen-bond donors (Lipinski definition) is 0. The molecule has 0 saturated heterocycles. The zero-order valence-electron chi connectivity index (χ0n) is 7.90. The van der Waals surface area contributed by atoms with Gasteiger partial charge >= 0.3 is 6.18 Å². The maximum Gasteiger partial charge on any atom is 0.418 e. The van der Waals surface area contributed by atoms with E-state index in [0.717, 1.165) is 18.3 Å².